The molecule has 0 bridgehead atoms. The molecule has 0 amide bonds. The molecule has 2 aromatic rings. The third kappa shape index (κ3) is 5.01. The summed E-state index contributed by atoms with van der Waals surface area (Å²) >= 11 is 0. The van der Waals surface area contributed by atoms with Gasteiger partial charge in [-0.2, -0.15) is 0 Å². The summed E-state index contributed by atoms with van der Waals surface area (Å²) in [6.07, 6.45) is -7.17. The second-order valence-corrected chi connectivity index (χ2v) is 4.77. The largest absolute Gasteiger partial charge is 0.511 e. The van der Waals surface area contributed by atoms with Crippen molar-refractivity contribution in [3.05, 3.63) is 36.4 Å². The van der Waals surface area contributed by atoms with Gasteiger partial charge in [0, 0.05) is 5.56 Å². The molecule has 146 valence electrons. The van der Waals surface area contributed by atoms with Gasteiger partial charge in [-0.25, -0.2) is 19.2 Å². The van der Waals surface area contributed by atoms with E-state index in [4.69, 9.17) is 20.4 Å². The van der Waals surface area contributed by atoms with Gasteiger partial charge >= 0.3 is 24.6 Å². The highest BCUT2D eigenvalue weighted by Gasteiger charge is 2.25. The van der Waals surface area contributed by atoms with E-state index in [0.717, 1.165) is 12.1 Å². The summed E-state index contributed by atoms with van der Waals surface area (Å²) in [6.45, 7) is 0. The maximum absolute atomic E-state index is 11.1. The molecule has 0 aliphatic rings. The van der Waals surface area contributed by atoms with Gasteiger partial charge in [-0.3, -0.25) is 0 Å². The summed E-state index contributed by atoms with van der Waals surface area (Å²) in [5.41, 5.74) is 0.0688. The van der Waals surface area contributed by atoms with Crippen molar-refractivity contribution < 1.29 is 58.6 Å². The zero-order chi connectivity index (χ0) is 20.8. The number of benzene rings is 2. The van der Waals surface area contributed by atoms with Gasteiger partial charge in [-0.05, 0) is 29.8 Å². The lowest BCUT2D eigenvalue weighted by Gasteiger charge is -2.15. The lowest BCUT2D eigenvalue weighted by Crippen LogP contribution is -2.12. The summed E-state index contributed by atoms with van der Waals surface area (Å²) in [6, 6.07) is 7.43. The Morgan fingerprint density at radius 2 is 1.21 bits per heavy atom. The van der Waals surface area contributed by atoms with E-state index in [1.807, 2.05) is 0 Å². The smallest absolute Gasteiger partial charge is 0.449 e. The molecule has 0 aromatic heterocycles. The molecule has 12 nitrogen and oxygen atoms in total. The third-order valence-corrected chi connectivity index (χ3v) is 3.00. The number of carbonyl (C=O) groups is 4. The molecule has 0 fully saturated rings. The molecule has 0 heterocycles. The Bertz CT molecular complexity index is 949. The van der Waals surface area contributed by atoms with E-state index in [0.29, 0.717) is 0 Å². The standard InChI is InChI=1S/C16H10O12/c17-13(18)25-8-3-1-2-7(6-8)9-4-5-10(26-14(19)20)12(28-16(23)24)11(9)27-15(21)22/h1-6H,(H,17,18)(H,19,20)(H,21,22)(H,23,24). The molecule has 2 rings (SSSR count). The lowest BCUT2D eigenvalue weighted by molar-refractivity contribution is 0.127. The number of rotatable bonds is 5. The van der Waals surface area contributed by atoms with E-state index in [9.17, 15) is 19.2 Å². The summed E-state index contributed by atoms with van der Waals surface area (Å²) in [7, 11) is 0. The number of hydrogen-bond donors (Lipinski definition) is 4. The molecule has 0 aliphatic heterocycles. The first kappa shape index (κ1) is 19.8. The lowest BCUT2D eigenvalue weighted by atomic mass is 10.0. The maximum atomic E-state index is 11.1. The first-order valence-corrected chi connectivity index (χ1v) is 7.08. The predicted octanol–water partition coefficient (Wildman–Crippen LogP) is 3.58. The van der Waals surface area contributed by atoms with Gasteiger partial charge in [0.2, 0.25) is 5.75 Å². The van der Waals surface area contributed by atoms with Crippen molar-refractivity contribution in [1.82, 2.24) is 0 Å². The molecule has 0 radical (unpaired) electrons. The van der Waals surface area contributed by atoms with Gasteiger partial charge in [0.25, 0.3) is 0 Å². The van der Waals surface area contributed by atoms with Crippen LogP contribution in [0.3, 0.4) is 0 Å². The number of hydrogen-bond acceptors (Lipinski definition) is 8. The van der Waals surface area contributed by atoms with Crippen LogP contribution in [0.2, 0.25) is 0 Å². The van der Waals surface area contributed by atoms with Gasteiger partial charge in [0.05, 0.1) is 0 Å². The monoisotopic (exact) mass is 394 g/mol. The molecule has 0 aliphatic carbocycles. The van der Waals surface area contributed by atoms with Crippen molar-refractivity contribution in [2.24, 2.45) is 0 Å². The first-order chi connectivity index (χ1) is 13.2. The van der Waals surface area contributed by atoms with Crippen LogP contribution in [0.15, 0.2) is 36.4 Å². The van der Waals surface area contributed by atoms with Crippen LogP contribution in [0.4, 0.5) is 19.2 Å². The van der Waals surface area contributed by atoms with Crippen molar-refractivity contribution in [2.75, 3.05) is 0 Å². The highest BCUT2D eigenvalue weighted by molar-refractivity contribution is 5.83. The van der Waals surface area contributed by atoms with Crippen LogP contribution in [0, 0.1) is 0 Å². The number of ether oxygens (including phenoxy) is 4. The number of carboxylic acid groups (broad SMARTS) is 4. The fourth-order valence-corrected chi connectivity index (χ4v) is 2.15. The van der Waals surface area contributed by atoms with E-state index in [-0.39, 0.29) is 16.9 Å². The highest BCUT2D eigenvalue weighted by Crippen LogP contribution is 2.45. The molecule has 0 saturated carbocycles. The van der Waals surface area contributed by atoms with Gasteiger partial charge in [0.1, 0.15) is 5.75 Å². The summed E-state index contributed by atoms with van der Waals surface area (Å²) in [5, 5.41) is 35.3. The predicted molar refractivity (Wildman–Crippen MR) is 86.5 cm³/mol. The fourth-order valence-electron chi connectivity index (χ4n) is 2.15. The molecular weight excluding hydrogens is 384 g/mol. The van der Waals surface area contributed by atoms with Crippen molar-refractivity contribution in [3.8, 4) is 34.1 Å². The minimum absolute atomic E-state index is 0.0766. The second-order valence-electron chi connectivity index (χ2n) is 4.77. The average Bonchev–Trinajstić information content (AvgIpc) is 2.56. The molecule has 0 atom stereocenters. The van der Waals surface area contributed by atoms with Gasteiger partial charge in [-0.15, -0.1) is 0 Å². The van der Waals surface area contributed by atoms with Crippen LogP contribution in [0.25, 0.3) is 11.1 Å². The van der Waals surface area contributed by atoms with Crippen molar-refractivity contribution in [2.45, 2.75) is 0 Å². The fraction of sp³-hybridized carbons (Fsp3) is 0. The maximum Gasteiger partial charge on any atom is 0.511 e. The van der Waals surface area contributed by atoms with Gasteiger partial charge in [0.15, 0.2) is 11.5 Å². The first-order valence-electron chi connectivity index (χ1n) is 7.08. The van der Waals surface area contributed by atoms with Crippen LogP contribution in [0.5, 0.6) is 23.0 Å². The SMILES string of the molecule is O=C(O)Oc1cccc(-c2ccc(OC(=O)O)c(OC(=O)O)c2OC(=O)O)c1. The highest BCUT2D eigenvalue weighted by atomic mass is 16.7. The molecule has 28 heavy (non-hydrogen) atoms. The quantitative estimate of drug-likeness (QED) is 0.427. The van der Waals surface area contributed by atoms with Crippen LogP contribution in [-0.4, -0.2) is 45.0 Å². The summed E-state index contributed by atoms with van der Waals surface area (Å²) in [5.74, 6) is -2.30. The zero-order valence-electron chi connectivity index (χ0n) is 13.5. The second kappa shape index (κ2) is 8.27. The van der Waals surface area contributed by atoms with Crippen LogP contribution in [-0.2, 0) is 0 Å². The Hall–Kier alpha value is -4.48. The van der Waals surface area contributed by atoms with Crippen LogP contribution < -0.4 is 18.9 Å². The normalized spacial score (nSPS) is 9.86. The van der Waals surface area contributed by atoms with Gasteiger partial charge in [-0.1, -0.05) is 12.1 Å². The Kier molecular flexibility index (Phi) is 5.86. The van der Waals surface area contributed by atoms with Crippen LogP contribution in [0.1, 0.15) is 0 Å². The molecule has 4 N–H and O–H groups in total. The van der Waals surface area contributed by atoms with E-state index in [2.05, 4.69) is 18.9 Å². The molecular formula is C16H10O12. The Morgan fingerprint density at radius 1 is 0.643 bits per heavy atom. The topological polar surface area (TPSA) is 186 Å². The Labute approximate surface area is 154 Å². The van der Waals surface area contributed by atoms with E-state index < -0.39 is 41.9 Å². The van der Waals surface area contributed by atoms with Crippen molar-refractivity contribution in [3.63, 3.8) is 0 Å². The van der Waals surface area contributed by atoms with E-state index >= 15 is 0 Å². The third-order valence-electron chi connectivity index (χ3n) is 3.00. The molecule has 2 aromatic carbocycles. The van der Waals surface area contributed by atoms with E-state index in [1.165, 1.54) is 24.3 Å². The molecule has 12 heteroatoms. The van der Waals surface area contributed by atoms with Gasteiger partial charge < -0.3 is 39.4 Å². The van der Waals surface area contributed by atoms with E-state index in [1.54, 1.807) is 0 Å². The molecule has 0 spiro atoms. The Balaban J connectivity index is 2.69. The zero-order valence-corrected chi connectivity index (χ0v) is 13.5. The Morgan fingerprint density at radius 3 is 1.79 bits per heavy atom. The minimum Gasteiger partial charge on any atom is -0.449 e. The molecule has 0 unspecified atom stereocenters. The van der Waals surface area contributed by atoms with Crippen LogP contribution >= 0.6 is 0 Å². The summed E-state index contributed by atoms with van der Waals surface area (Å²) < 4.78 is 17.9. The average molecular weight is 394 g/mol. The minimum atomic E-state index is -1.90. The summed E-state index contributed by atoms with van der Waals surface area (Å²) in [4.78, 5) is 43.5. The van der Waals surface area contributed by atoms with Crippen molar-refractivity contribution >= 4 is 24.6 Å². The van der Waals surface area contributed by atoms with Crippen molar-refractivity contribution in [1.29, 1.82) is 0 Å². The molecule has 0 saturated heterocycles.